The Balaban J connectivity index is 1.92. The maximum Gasteiger partial charge on any atom is 0.135 e. The predicted octanol–water partition coefficient (Wildman–Crippen LogP) is 2.09. The molecule has 0 radical (unpaired) electrons. The average molecular weight is 195 g/mol. The van der Waals surface area contributed by atoms with E-state index in [1.165, 1.54) is 12.8 Å². The van der Waals surface area contributed by atoms with Crippen molar-refractivity contribution in [3.63, 3.8) is 0 Å². The molecule has 0 aromatic heterocycles. The van der Waals surface area contributed by atoms with E-state index in [0.717, 1.165) is 43.8 Å². The van der Waals surface area contributed by atoms with Gasteiger partial charge in [-0.25, -0.2) is 0 Å². The number of piperidine rings is 1. The van der Waals surface area contributed by atoms with Gasteiger partial charge >= 0.3 is 0 Å². The van der Waals surface area contributed by atoms with Gasteiger partial charge in [-0.15, -0.1) is 0 Å². The van der Waals surface area contributed by atoms with Crippen LogP contribution in [0, 0.1) is 11.8 Å². The third kappa shape index (κ3) is 1.85. The first-order valence-corrected chi connectivity index (χ1v) is 5.94. The smallest absolute Gasteiger partial charge is 0.135 e. The average Bonchev–Trinajstić information content (AvgIpc) is 2.50. The highest BCUT2D eigenvalue weighted by Gasteiger charge is 2.34. The molecule has 3 unspecified atom stereocenters. The van der Waals surface area contributed by atoms with Crippen LogP contribution in [0.2, 0.25) is 0 Å². The van der Waals surface area contributed by atoms with Crippen molar-refractivity contribution < 1.29 is 4.79 Å². The van der Waals surface area contributed by atoms with Gasteiger partial charge in [0.25, 0.3) is 0 Å². The second-order valence-corrected chi connectivity index (χ2v) is 5.06. The summed E-state index contributed by atoms with van der Waals surface area (Å²) in [5.74, 6) is 2.15. The zero-order valence-electron chi connectivity index (χ0n) is 9.33. The second kappa shape index (κ2) is 4.01. The van der Waals surface area contributed by atoms with E-state index in [2.05, 4.69) is 18.7 Å². The molecule has 0 aromatic carbocycles. The molecule has 2 rings (SSSR count). The standard InChI is InChI=1S/C12H21NO/c1-9-3-4-12(10(9)2)13-7-5-11(14)6-8-13/h9-10,12H,3-8H2,1-2H3. The van der Waals surface area contributed by atoms with Crippen LogP contribution < -0.4 is 0 Å². The highest BCUT2D eigenvalue weighted by molar-refractivity contribution is 5.79. The Morgan fingerprint density at radius 3 is 2.29 bits per heavy atom. The number of carbonyl (C=O) groups is 1. The Labute approximate surface area is 86.7 Å². The first-order valence-electron chi connectivity index (χ1n) is 5.94. The van der Waals surface area contributed by atoms with E-state index < -0.39 is 0 Å². The number of hydrogen-bond acceptors (Lipinski definition) is 2. The molecule has 0 aromatic rings. The van der Waals surface area contributed by atoms with E-state index in [4.69, 9.17) is 0 Å². The number of carbonyl (C=O) groups excluding carboxylic acids is 1. The molecular weight excluding hydrogens is 174 g/mol. The Morgan fingerprint density at radius 1 is 1.14 bits per heavy atom. The molecule has 0 bridgehead atoms. The van der Waals surface area contributed by atoms with Gasteiger partial charge in [-0.3, -0.25) is 9.69 Å². The Kier molecular flexibility index (Phi) is 2.91. The summed E-state index contributed by atoms with van der Waals surface area (Å²) in [6.07, 6.45) is 4.29. The molecular formula is C12H21NO. The monoisotopic (exact) mass is 195 g/mol. The maximum absolute atomic E-state index is 11.1. The summed E-state index contributed by atoms with van der Waals surface area (Å²) in [6, 6.07) is 0.762. The summed E-state index contributed by atoms with van der Waals surface area (Å²) in [6.45, 7) is 6.76. The van der Waals surface area contributed by atoms with Crippen LogP contribution in [0.25, 0.3) is 0 Å². The van der Waals surface area contributed by atoms with Crippen molar-refractivity contribution in [2.75, 3.05) is 13.1 Å². The molecule has 1 saturated heterocycles. The fraction of sp³-hybridized carbons (Fsp3) is 0.917. The Hall–Kier alpha value is -0.370. The van der Waals surface area contributed by atoms with Gasteiger partial charge in [0.05, 0.1) is 0 Å². The lowest BCUT2D eigenvalue weighted by molar-refractivity contribution is -0.122. The fourth-order valence-electron chi connectivity index (χ4n) is 2.96. The normalized spacial score (nSPS) is 40.4. The highest BCUT2D eigenvalue weighted by Crippen LogP contribution is 2.35. The van der Waals surface area contributed by atoms with Gasteiger partial charge in [0.1, 0.15) is 5.78 Å². The molecule has 1 aliphatic carbocycles. The van der Waals surface area contributed by atoms with Crippen molar-refractivity contribution in [2.45, 2.75) is 45.6 Å². The first kappa shape index (κ1) is 10.2. The van der Waals surface area contributed by atoms with Crippen LogP contribution in [0.15, 0.2) is 0 Å². The number of Topliss-reactive ketones (excluding diaryl/α,β-unsaturated/α-hetero) is 1. The molecule has 2 heteroatoms. The molecule has 2 nitrogen and oxygen atoms in total. The van der Waals surface area contributed by atoms with E-state index in [9.17, 15) is 4.79 Å². The minimum atomic E-state index is 0.458. The van der Waals surface area contributed by atoms with Crippen molar-refractivity contribution >= 4 is 5.78 Å². The van der Waals surface area contributed by atoms with Gasteiger partial charge in [0.15, 0.2) is 0 Å². The lowest BCUT2D eigenvalue weighted by Crippen LogP contribution is -2.43. The van der Waals surface area contributed by atoms with E-state index in [0.29, 0.717) is 5.78 Å². The van der Waals surface area contributed by atoms with E-state index in [1.54, 1.807) is 0 Å². The number of hydrogen-bond donors (Lipinski definition) is 0. The van der Waals surface area contributed by atoms with Crippen LogP contribution in [0.5, 0.6) is 0 Å². The third-order valence-corrected chi connectivity index (χ3v) is 4.25. The SMILES string of the molecule is CC1CCC(N2CCC(=O)CC2)C1C. The van der Waals surface area contributed by atoms with Crippen LogP contribution in [-0.2, 0) is 4.79 Å². The summed E-state index contributed by atoms with van der Waals surface area (Å²) in [4.78, 5) is 13.7. The van der Waals surface area contributed by atoms with E-state index in [1.807, 2.05) is 0 Å². The lowest BCUT2D eigenvalue weighted by atomic mass is 9.95. The molecule has 1 heterocycles. The molecule has 0 N–H and O–H groups in total. The largest absolute Gasteiger partial charge is 0.300 e. The minimum absolute atomic E-state index is 0.458. The minimum Gasteiger partial charge on any atom is -0.300 e. The van der Waals surface area contributed by atoms with Crippen molar-refractivity contribution in [2.24, 2.45) is 11.8 Å². The maximum atomic E-state index is 11.1. The molecule has 2 fully saturated rings. The molecule has 0 amide bonds. The Morgan fingerprint density at radius 2 is 1.79 bits per heavy atom. The molecule has 1 saturated carbocycles. The van der Waals surface area contributed by atoms with Crippen molar-refractivity contribution in [3.8, 4) is 0 Å². The second-order valence-electron chi connectivity index (χ2n) is 5.06. The third-order valence-electron chi connectivity index (χ3n) is 4.25. The summed E-state index contributed by atoms with van der Waals surface area (Å²) >= 11 is 0. The van der Waals surface area contributed by atoms with Gasteiger partial charge in [0, 0.05) is 32.0 Å². The fourth-order valence-corrected chi connectivity index (χ4v) is 2.96. The number of nitrogens with zero attached hydrogens (tertiary/aromatic N) is 1. The topological polar surface area (TPSA) is 20.3 Å². The van der Waals surface area contributed by atoms with E-state index >= 15 is 0 Å². The molecule has 0 spiro atoms. The predicted molar refractivity (Wildman–Crippen MR) is 57.2 cm³/mol. The van der Waals surface area contributed by atoms with Gasteiger partial charge in [0.2, 0.25) is 0 Å². The summed E-state index contributed by atoms with van der Waals surface area (Å²) in [7, 11) is 0. The molecule has 2 aliphatic rings. The van der Waals surface area contributed by atoms with Gasteiger partial charge in [-0.2, -0.15) is 0 Å². The van der Waals surface area contributed by atoms with E-state index in [-0.39, 0.29) is 0 Å². The van der Waals surface area contributed by atoms with Crippen molar-refractivity contribution in [1.82, 2.24) is 4.90 Å². The van der Waals surface area contributed by atoms with Gasteiger partial charge < -0.3 is 0 Å². The van der Waals surface area contributed by atoms with Crippen molar-refractivity contribution in [1.29, 1.82) is 0 Å². The molecule has 80 valence electrons. The highest BCUT2D eigenvalue weighted by atomic mass is 16.1. The number of likely N-dealkylation sites (tertiary alicyclic amines) is 1. The summed E-state index contributed by atoms with van der Waals surface area (Å²) in [5, 5.41) is 0. The molecule has 1 aliphatic heterocycles. The summed E-state index contributed by atoms with van der Waals surface area (Å²) < 4.78 is 0. The lowest BCUT2D eigenvalue weighted by Gasteiger charge is -2.34. The Bertz CT molecular complexity index is 216. The van der Waals surface area contributed by atoms with Crippen LogP contribution >= 0.6 is 0 Å². The zero-order valence-corrected chi connectivity index (χ0v) is 9.33. The molecule has 3 atom stereocenters. The van der Waals surface area contributed by atoms with Gasteiger partial charge in [-0.1, -0.05) is 13.8 Å². The van der Waals surface area contributed by atoms with Crippen LogP contribution in [0.4, 0.5) is 0 Å². The quantitative estimate of drug-likeness (QED) is 0.638. The zero-order chi connectivity index (χ0) is 10.1. The molecule has 14 heavy (non-hydrogen) atoms. The van der Waals surface area contributed by atoms with Crippen LogP contribution in [0.3, 0.4) is 0 Å². The van der Waals surface area contributed by atoms with Crippen LogP contribution in [0.1, 0.15) is 39.5 Å². The number of ketones is 1. The van der Waals surface area contributed by atoms with Crippen LogP contribution in [-0.4, -0.2) is 29.8 Å². The number of rotatable bonds is 1. The van der Waals surface area contributed by atoms with Crippen molar-refractivity contribution in [3.05, 3.63) is 0 Å². The first-order chi connectivity index (χ1) is 6.68. The van der Waals surface area contributed by atoms with Gasteiger partial charge in [-0.05, 0) is 24.7 Å². The summed E-state index contributed by atoms with van der Waals surface area (Å²) in [5.41, 5.74) is 0.